The van der Waals surface area contributed by atoms with Crippen molar-refractivity contribution in [2.45, 2.75) is 105 Å². The number of aliphatic hydroxyl groups excluding tert-OH is 1. The molecule has 6 aliphatic rings. The summed E-state index contributed by atoms with van der Waals surface area (Å²) in [5.41, 5.74) is -0.722. The number of methoxy groups -OCH3 is 1. The Kier molecular flexibility index (Phi) is 14.4. The van der Waals surface area contributed by atoms with E-state index in [4.69, 9.17) is 42.6 Å². The van der Waals surface area contributed by atoms with Crippen LogP contribution in [0.5, 0.6) is 23.0 Å². The monoisotopic (exact) mass is 927 g/mol. The van der Waals surface area contributed by atoms with Crippen LogP contribution in [0.4, 0.5) is 5.69 Å². The maximum Gasteiger partial charge on any atom is 0.312 e. The number of amides is 1. The maximum absolute atomic E-state index is 14.9. The van der Waals surface area contributed by atoms with Crippen molar-refractivity contribution >= 4 is 45.2 Å². The molecule has 17 nitrogen and oxygen atoms in total. The first-order chi connectivity index (χ1) is 31.8. The van der Waals surface area contributed by atoms with Gasteiger partial charge in [-0.2, -0.15) is 0 Å². The average molecular weight is 928 g/mol. The number of fused-ring (bicyclic) bond motifs is 9. The summed E-state index contributed by atoms with van der Waals surface area (Å²) in [4.78, 5) is 63.4. The molecule has 7 bridgehead atoms. The van der Waals surface area contributed by atoms with Gasteiger partial charge >= 0.3 is 11.8 Å². The van der Waals surface area contributed by atoms with E-state index in [2.05, 4.69) is 5.32 Å². The Morgan fingerprint density at radius 2 is 1.76 bits per heavy atom. The van der Waals surface area contributed by atoms with Gasteiger partial charge in [-0.05, 0) is 40.4 Å². The smallest absolute Gasteiger partial charge is 0.312 e. The number of phenols is 1. The summed E-state index contributed by atoms with van der Waals surface area (Å²) >= 11 is 0. The van der Waals surface area contributed by atoms with Crippen LogP contribution in [-0.2, 0) is 28.5 Å². The number of anilines is 1. The van der Waals surface area contributed by atoms with Gasteiger partial charge in [0, 0.05) is 73.9 Å². The van der Waals surface area contributed by atoms with Crippen LogP contribution in [0.15, 0.2) is 57.5 Å². The number of ether oxygens (including phenoxy) is 7. The van der Waals surface area contributed by atoms with Crippen LogP contribution in [0.1, 0.15) is 77.2 Å². The highest BCUT2D eigenvalue weighted by molar-refractivity contribution is 6.22. The number of nitrogens with zero attached hydrogens (tertiary/aromatic N) is 2. The molecule has 360 valence electrons. The number of allylic oxidation sites excluding steroid dienone is 2. The van der Waals surface area contributed by atoms with Crippen molar-refractivity contribution in [1.82, 2.24) is 9.88 Å². The van der Waals surface area contributed by atoms with Crippen LogP contribution in [0, 0.1) is 24.7 Å². The summed E-state index contributed by atoms with van der Waals surface area (Å²) in [5, 5.41) is 25.8. The van der Waals surface area contributed by atoms with Gasteiger partial charge in [-0.3, -0.25) is 19.2 Å². The molecule has 5 aliphatic heterocycles. The van der Waals surface area contributed by atoms with Gasteiger partial charge in [0.25, 0.3) is 11.7 Å². The number of rotatable bonds is 10. The van der Waals surface area contributed by atoms with E-state index in [0.717, 1.165) is 12.8 Å². The zero-order valence-corrected chi connectivity index (χ0v) is 39.9. The number of unbranched alkanes of at least 4 members (excludes halogenated alkanes) is 1. The Labute approximate surface area is 389 Å². The summed E-state index contributed by atoms with van der Waals surface area (Å²) in [6.45, 7) is 14.6. The van der Waals surface area contributed by atoms with Gasteiger partial charge in [0.05, 0.1) is 42.1 Å². The molecule has 0 spiro atoms. The second-order valence-electron chi connectivity index (χ2n) is 18.1. The molecule has 2 aromatic carbocycles. The fourth-order valence-corrected chi connectivity index (χ4v) is 8.89. The van der Waals surface area contributed by atoms with E-state index >= 15 is 0 Å². The van der Waals surface area contributed by atoms with Crippen LogP contribution in [0.25, 0.3) is 33.3 Å². The van der Waals surface area contributed by atoms with Crippen LogP contribution >= 0.6 is 0 Å². The van der Waals surface area contributed by atoms with E-state index in [1.54, 1.807) is 38.1 Å². The molecule has 1 amide bonds. The molecule has 17 heteroatoms. The SMILES string of the molecule is CCCCOc1cc(OCCN(C)C)cc2oc3c4c(=O)c5c(O)c(C)c6c(c5c-3nc12)C(=O)[C@@](C)(O/C=C/[C@H](OC)[C@@H](C)[C@@H](OC(C)=O)[C@@H]1O[C@H]([C@@H](C)[C@H]1O)[C@@H](C)/C=C/C=C(/C)C(=O)N4)O6. The van der Waals surface area contributed by atoms with E-state index in [1.165, 1.54) is 40.2 Å². The fraction of sp³-hybridized carbons (Fsp3) is 0.500. The fourth-order valence-electron chi connectivity index (χ4n) is 8.89. The Bertz CT molecular complexity index is 2690. The van der Waals surface area contributed by atoms with Crippen LogP contribution in [0.2, 0.25) is 0 Å². The standard InChI is InChI=1S/C50H61N3O14/c1-12-13-19-62-32-22-30(61-21-18-53(9)10)23-33-37(32)51-38-34-35-40(55)27(5)44-36(34)48(58)50(8,67-44)63-20-17-31(60-11)26(4)45(64-29(7)54)47-41(56)28(6)43(66-47)24(2)15-14-16-25(3)49(59)52-39(42(35)57)46(38)65-33/h14-17,20,22-24,26,28,31,41,43,45,47,55-56H,12-13,18-19,21H2,1-11H3,(H,52,59)/b15-14+,20-17+,25-16-/t24-,26+,28-,31-,41+,43-,45+,47+,50-/m0/s1. The number of likely N-dealkylation sites (N-methyl/N-ethyl adjacent to an activating group) is 1. The summed E-state index contributed by atoms with van der Waals surface area (Å²) in [6.07, 6.45) is 5.13. The number of carbonyl (C=O) groups excluding carboxylic acids is 3. The lowest BCUT2D eigenvalue weighted by Crippen LogP contribution is -2.46. The summed E-state index contributed by atoms with van der Waals surface area (Å²) in [5.74, 6) is -5.40. The van der Waals surface area contributed by atoms with Crippen molar-refractivity contribution in [2.75, 3.05) is 46.3 Å². The number of hydrogen-bond donors (Lipinski definition) is 3. The molecule has 3 N–H and O–H groups in total. The molecule has 0 radical (unpaired) electrons. The minimum Gasteiger partial charge on any atom is -0.507 e. The molecular weight excluding hydrogens is 867 g/mol. The first kappa shape index (κ1) is 48.9. The van der Waals surface area contributed by atoms with Crippen molar-refractivity contribution in [3.8, 4) is 34.5 Å². The first-order valence-corrected chi connectivity index (χ1v) is 22.6. The van der Waals surface area contributed by atoms with Gasteiger partial charge < -0.3 is 58.0 Å². The van der Waals surface area contributed by atoms with Gasteiger partial charge in [-0.25, -0.2) is 4.98 Å². The Morgan fingerprint density at radius 3 is 2.45 bits per heavy atom. The number of ketones is 1. The number of aromatic nitrogens is 1. The molecule has 0 aromatic heterocycles. The summed E-state index contributed by atoms with van der Waals surface area (Å²) in [6, 6.07) is 3.30. The van der Waals surface area contributed by atoms with Crippen molar-refractivity contribution in [3.05, 3.63) is 69.6 Å². The second kappa shape index (κ2) is 19.7. The number of aliphatic hydroxyl groups is 1. The van der Waals surface area contributed by atoms with Crippen LogP contribution in [0.3, 0.4) is 0 Å². The predicted octanol–water partition coefficient (Wildman–Crippen LogP) is 6.84. The topological polar surface area (TPSA) is 215 Å². The zero-order valence-electron chi connectivity index (χ0n) is 39.9. The minimum atomic E-state index is -2.06. The quantitative estimate of drug-likeness (QED) is 0.0643. The number of aromatic hydroxyl groups is 1. The lowest BCUT2D eigenvalue weighted by Gasteiger charge is -2.33. The van der Waals surface area contributed by atoms with Crippen LogP contribution < -0.4 is 25.0 Å². The van der Waals surface area contributed by atoms with Crippen molar-refractivity contribution in [1.29, 1.82) is 0 Å². The third-order valence-corrected chi connectivity index (χ3v) is 12.8. The third kappa shape index (κ3) is 9.34. The van der Waals surface area contributed by atoms with Gasteiger partial charge in [0.15, 0.2) is 17.1 Å². The lowest BCUT2D eigenvalue weighted by atomic mass is 9.86. The minimum absolute atomic E-state index is 0.0489. The normalized spacial score (nSPS) is 28.4. The Morgan fingerprint density at radius 1 is 1.01 bits per heavy atom. The molecule has 0 saturated carbocycles. The molecule has 1 fully saturated rings. The highest BCUT2D eigenvalue weighted by Gasteiger charge is 2.51. The number of Topliss-reactive ketones (excluding diaryl/α,β-unsaturated/α-hetero) is 1. The zero-order chi connectivity index (χ0) is 48.6. The van der Waals surface area contributed by atoms with E-state index in [0.29, 0.717) is 31.3 Å². The van der Waals surface area contributed by atoms with E-state index in [1.807, 2.05) is 45.8 Å². The number of carbonyl (C=O) groups is 3. The average Bonchev–Trinajstić information content (AvgIpc) is 3.72. The molecular formula is C50H61N3O14. The molecule has 8 rings (SSSR count). The number of esters is 1. The molecule has 9 atom stereocenters. The van der Waals surface area contributed by atoms with Crippen molar-refractivity contribution in [2.24, 2.45) is 17.8 Å². The molecule has 67 heavy (non-hydrogen) atoms. The first-order valence-electron chi connectivity index (χ1n) is 22.6. The highest BCUT2D eigenvalue weighted by Crippen LogP contribution is 2.51. The molecule has 0 unspecified atom stereocenters. The molecule has 1 saturated heterocycles. The van der Waals surface area contributed by atoms with Gasteiger partial charge in [0.1, 0.15) is 53.0 Å². The lowest BCUT2D eigenvalue weighted by molar-refractivity contribution is -0.168. The van der Waals surface area contributed by atoms with Gasteiger partial charge in [-0.15, -0.1) is 0 Å². The Balaban J connectivity index is 1.47. The maximum atomic E-state index is 14.9. The largest absolute Gasteiger partial charge is 0.507 e. The van der Waals surface area contributed by atoms with Crippen molar-refractivity contribution in [3.63, 3.8) is 0 Å². The predicted molar refractivity (Wildman–Crippen MR) is 249 cm³/mol. The number of phenolic OH excluding ortho intramolecular Hbond substituents is 1. The summed E-state index contributed by atoms with van der Waals surface area (Å²) in [7, 11) is 5.30. The second-order valence-corrected chi connectivity index (χ2v) is 18.1. The van der Waals surface area contributed by atoms with Crippen molar-refractivity contribution < 1.29 is 62.2 Å². The van der Waals surface area contributed by atoms with Crippen LogP contribution in [-0.4, -0.2) is 115 Å². The molecule has 2 aromatic rings. The number of nitrogens with one attached hydrogen (secondary N) is 1. The summed E-state index contributed by atoms with van der Waals surface area (Å²) < 4.78 is 49.5. The molecule has 5 heterocycles. The van der Waals surface area contributed by atoms with Gasteiger partial charge in [-0.1, -0.05) is 52.3 Å². The van der Waals surface area contributed by atoms with Gasteiger partial charge in [0.2, 0.25) is 5.43 Å². The number of benzene rings is 3. The highest BCUT2D eigenvalue weighted by atomic mass is 16.7. The molecule has 1 aliphatic carbocycles. The van der Waals surface area contributed by atoms with E-state index in [9.17, 15) is 29.4 Å². The Hall–Kier alpha value is -6.01. The number of hydrogen-bond acceptors (Lipinski definition) is 16. The van der Waals surface area contributed by atoms with E-state index < -0.39 is 77.0 Å². The van der Waals surface area contributed by atoms with E-state index in [-0.39, 0.29) is 67.4 Å². The third-order valence-electron chi connectivity index (χ3n) is 12.8.